The molecule has 5 atom stereocenters. The number of ether oxygens (including phenoxy) is 2. The highest BCUT2D eigenvalue weighted by Gasteiger charge is 2.51. The minimum atomic E-state index is -2.67. The zero-order chi connectivity index (χ0) is 32.3. The van der Waals surface area contributed by atoms with Gasteiger partial charge in [-0.1, -0.05) is 121 Å². The molecule has 0 unspecified atom stereocenters. The fraction of sp³-hybridized carbons (Fsp3) is 0.611. The van der Waals surface area contributed by atoms with E-state index in [0.717, 1.165) is 0 Å². The molecule has 43 heavy (non-hydrogen) atoms. The van der Waals surface area contributed by atoms with Crippen LogP contribution < -0.4 is 10.4 Å². The number of hydrogen-bond acceptors (Lipinski definition) is 5. The lowest BCUT2D eigenvalue weighted by Crippen LogP contribution is -2.66. The summed E-state index contributed by atoms with van der Waals surface area (Å²) in [4.78, 5) is 0. The third kappa shape index (κ3) is 8.57. The molecule has 5 nitrogen and oxygen atoms in total. The van der Waals surface area contributed by atoms with Crippen molar-refractivity contribution in [1.29, 1.82) is 0 Å². The number of benzene rings is 2. The molecule has 0 spiro atoms. The second-order valence-corrected chi connectivity index (χ2v) is 24.3. The minimum absolute atomic E-state index is 0.0529. The van der Waals surface area contributed by atoms with E-state index in [4.69, 9.17) is 18.3 Å². The quantitative estimate of drug-likeness (QED) is 0.196. The van der Waals surface area contributed by atoms with Crippen molar-refractivity contribution in [2.45, 2.75) is 129 Å². The lowest BCUT2D eigenvalue weighted by Gasteiger charge is -2.43. The van der Waals surface area contributed by atoms with E-state index in [1.54, 1.807) is 0 Å². The van der Waals surface area contributed by atoms with E-state index in [2.05, 4.69) is 135 Å². The van der Waals surface area contributed by atoms with E-state index in [-0.39, 0.29) is 28.2 Å². The molecule has 1 heterocycles. The Bertz CT molecular complexity index is 1130. The molecule has 0 bridgehead atoms. The van der Waals surface area contributed by atoms with Crippen molar-refractivity contribution in [3.63, 3.8) is 0 Å². The first-order valence-electron chi connectivity index (χ1n) is 16.0. The first-order valence-corrected chi connectivity index (χ1v) is 20.8. The van der Waals surface area contributed by atoms with Crippen LogP contribution in [0.15, 0.2) is 72.8 Å². The van der Waals surface area contributed by atoms with Crippen LogP contribution in [-0.2, 0) is 18.3 Å². The van der Waals surface area contributed by atoms with Crippen molar-refractivity contribution in [3.8, 4) is 0 Å². The van der Waals surface area contributed by atoms with E-state index in [1.807, 2.05) is 19.9 Å². The van der Waals surface area contributed by atoms with Gasteiger partial charge in [-0.3, -0.25) is 0 Å². The Hall–Kier alpha value is -1.59. The summed E-state index contributed by atoms with van der Waals surface area (Å²) in [7, 11) is -4.55. The first kappa shape index (κ1) is 35.9. The molecule has 0 amide bonds. The van der Waals surface area contributed by atoms with Gasteiger partial charge in [-0.05, 0) is 66.7 Å². The van der Waals surface area contributed by atoms with Gasteiger partial charge in [0.2, 0.25) is 0 Å². The van der Waals surface area contributed by atoms with Crippen molar-refractivity contribution < 1.29 is 23.4 Å². The molecule has 0 aromatic heterocycles. The molecular formula is C36H58O5Si2. The van der Waals surface area contributed by atoms with Crippen molar-refractivity contribution in [3.05, 3.63) is 72.8 Å². The van der Waals surface area contributed by atoms with Gasteiger partial charge >= 0.3 is 0 Å². The number of aliphatic hydroxyl groups excluding tert-OH is 1. The van der Waals surface area contributed by atoms with Gasteiger partial charge in [0.15, 0.2) is 14.1 Å². The van der Waals surface area contributed by atoms with Gasteiger partial charge in [0.05, 0.1) is 6.10 Å². The zero-order valence-corrected chi connectivity index (χ0v) is 30.8. The van der Waals surface area contributed by atoms with Gasteiger partial charge in [-0.2, -0.15) is 0 Å². The summed E-state index contributed by atoms with van der Waals surface area (Å²) in [6.45, 7) is 26.8. The predicted octanol–water partition coefficient (Wildman–Crippen LogP) is 7.44. The Morgan fingerprint density at radius 3 is 1.81 bits per heavy atom. The lowest BCUT2D eigenvalue weighted by molar-refractivity contribution is -0.153. The molecule has 0 saturated carbocycles. The van der Waals surface area contributed by atoms with E-state index in [9.17, 15) is 5.11 Å². The van der Waals surface area contributed by atoms with E-state index < -0.39 is 34.6 Å². The third-order valence-electron chi connectivity index (χ3n) is 9.33. The smallest absolute Gasteiger partial charge is 0.261 e. The van der Waals surface area contributed by atoms with E-state index in [1.165, 1.54) is 10.4 Å². The average Bonchev–Trinajstić information content (AvgIpc) is 3.23. The van der Waals surface area contributed by atoms with Crippen molar-refractivity contribution in [2.75, 3.05) is 6.61 Å². The molecule has 2 aromatic carbocycles. The van der Waals surface area contributed by atoms with E-state index in [0.29, 0.717) is 13.0 Å². The minimum Gasteiger partial charge on any atom is -0.414 e. The van der Waals surface area contributed by atoms with Crippen LogP contribution in [0.3, 0.4) is 0 Å². The molecule has 1 fully saturated rings. The van der Waals surface area contributed by atoms with Crippen molar-refractivity contribution in [1.82, 2.24) is 0 Å². The topological polar surface area (TPSA) is 57.2 Å². The summed E-state index contributed by atoms with van der Waals surface area (Å²) < 4.78 is 26.3. The highest BCUT2D eigenvalue weighted by Crippen LogP contribution is 2.39. The van der Waals surface area contributed by atoms with Crippen LogP contribution in [0.2, 0.25) is 23.2 Å². The molecule has 240 valence electrons. The Kier molecular flexibility index (Phi) is 11.5. The third-order valence-corrected chi connectivity index (χ3v) is 19.0. The number of aliphatic hydroxyl groups is 1. The van der Waals surface area contributed by atoms with Crippen LogP contribution in [-0.4, -0.2) is 58.6 Å². The SMILES string of the molecule is C[C@H](/C=C\[C@H](O)[C@H]1OC(C)(C)O[C@H]1CCO[Si](c1ccccc1)(c1ccccc1)C(C)(C)C)[C@H](C)O[Si](C)(C)C(C)(C)C. The van der Waals surface area contributed by atoms with Crippen LogP contribution in [0.25, 0.3) is 0 Å². The van der Waals surface area contributed by atoms with Crippen LogP contribution in [0.5, 0.6) is 0 Å². The average molecular weight is 627 g/mol. The van der Waals surface area contributed by atoms with Gasteiger partial charge in [0.1, 0.15) is 12.2 Å². The van der Waals surface area contributed by atoms with Crippen molar-refractivity contribution in [2.24, 2.45) is 5.92 Å². The molecule has 0 aliphatic carbocycles. The van der Waals surface area contributed by atoms with Crippen LogP contribution in [0.4, 0.5) is 0 Å². The predicted molar refractivity (Wildman–Crippen MR) is 184 cm³/mol. The van der Waals surface area contributed by atoms with Crippen molar-refractivity contribution >= 4 is 27.0 Å². The molecule has 1 aliphatic rings. The summed E-state index contributed by atoms with van der Waals surface area (Å²) in [5.74, 6) is -0.637. The maximum atomic E-state index is 11.3. The van der Waals surface area contributed by atoms with Gasteiger partial charge in [0.25, 0.3) is 8.32 Å². The summed E-state index contributed by atoms with van der Waals surface area (Å²) >= 11 is 0. The molecule has 0 radical (unpaired) electrons. The summed E-state index contributed by atoms with van der Waals surface area (Å²) in [5, 5.41) is 13.9. The second kappa shape index (κ2) is 13.8. The standard InChI is InChI=1S/C36H58O5Si2/c1-27(28(2)41-42(11,12)34(3,4)5)23-24-31(37)33-32(39-36(9,10)40-33)25-26-38-43(35(6,7)8,29-19-15-13-16-20-29)30-21-17-14-18-22-30/h13-24,27-28,31-33,37H,25-26H2,1-12H3/b24-23-/t27-,28+,31+,32+,33-/m1/s1. The fourth-order valence-electron chi connectivity index (χ4n) is 5.77. The molecule has 1 saturated heterocycles. The molecule has 7 heteroatoms. The fourth-order valence-corrected chi connectivity index (χ4v) is 11.8. The van der Waals surface area contributed by atoms with Gasteiger partial charge in [0, 0.05) is 12.7 Å². The van der Waals surface area contributed by atoms with Gasteiger partial charge in [-0.15, -0.1) is 0 Å². The van der Waals surface area contributed by atoms with Gasteiger partial charge < -0.3 is 23.4 Å². The summed E-state index contributed by atoms with van der Waals surface area (Å²) in [5.41, 5.74) is 0. The Morgan fingerprint density at radius 1 is 0.837 bits per heavy atom. The largest absolute Gasteiger partial charge is 0.414 e. The summed E-state index contributed by atoms with van der Waals surface area (Å²) in [6, 6.07) is 21.3. The maximum absolute atomic E-state index is 11.3. The Balaban J connectivity index is 1.77. The highest BCUT2D eigenvalue weighted by atomic mass is 28.4. The molecule has 1 N–H and O–H groups in total. The Labute approximate surface area is 264 Å². The molecule has 1 aliphatic heterocycles. The number of rotatable bonds is 12. The highest BCUT2D eigenvalue weighted by molar-refractivity contribution is 6.99. The normalized spacial score (nSPS) is 22.1. The zero-order valence-electron chi connectivity index (χ0n) is 28.8. The monoisotopic (exact) mass is 626 g/mol. The van der Waals surface area contributed by atoms with Crippen LogP contribution >= 0.6 is 0 Å². The molecule has 3 rings (SSSR count). The Morgan fingerprint density at radius 2 is 1.35 bits per heavy atom. The van der Waals surface area contributed by atoms with E-state index >= 15 is 0 Å². The molecule has 2 aromatic rings. The van der Waals surface area contributed by atoms with Crippen LogP contribution in [0, 0.1) is 5.92 Å². The lowest BCUT2D eigenvalue weighted by atomic mass is 10.0. The maximum Gasteiger partial charge on any atom is 0.261 e. The van der Waals surface area contributed by atoms with Crippen LogP contribution in [0.1, 0.15) is 75.7 Å². The molecular weight excluding hydrogens is 569 g/mol. The second-order valence-electron chi connectivity index (χ2n) is 15.3. The number of hydrogen-bond donors (Lipinski definition) is 1. The summed E-state index contributed by atoms with van der Waals surface area (Å²) in [6.07, 6.45) is 3.00. The van der Waals surface area contributed by atoms with Gasteiger partial charge in [-0.25, -0.2) is 0 Å². The first-order chi connectivity index (χ1) is 19.8.